The lowest BCUT2D eigenvalue weighted by Crippen LogP contribution is -2.41. The summed E-state index contributed by atoms with van der Waals surface area (Å²) in [6.45, 7) is 1.67. The van der Waals surface area contributed by atoms with Gasteiger partial charge in [0.25, 0.3) is 10.0 Å². The zero-order valence-electron chi connectivity index (χ0n) is 18.7. The van der Waals surface area contributed by atoms with E-state index in [0.717, 1.165) is 0 Å². The van der Waals surface area contributed by atoms with Gasteiger partial charge in [0.15, 0.2) is 0 Å². The molecule has 0 bridgehead atoms. The molecule has 1 aromatic carbocycles. The van der Waals surface area contributed by atoms with Gasteiger partial charge in [-0.15, -0.1) is 11.3 Å². The molecule has 2 fully saturated rings. The lowest BCUT2D eigenvalue weighted by molar-refractivity contribution is -0.120. The van der Waals surface area contributed by atoms with Gasteiger partial charge < -0.3 is 14.8 Å². The summed E-state index contributed by atoms with van der Waals surface area (Å²) >= 11 is 1.17. The number of thiophene rings is 1. The summed E-state index contributed by atoms with van der Waals surface area (Å²) in [5, 5.41) is 4.51. The first-order valence-electron chi connectivity index (χ1n) is 10.8. The number of anilines is 1. The fraction of sp³-hybridized carbons (Fsp3) is 0.476. The molecule has 2 aliphatic heterocycles. The Morgan fingerprint density at radius 2 is 1.71 bits per heavy atom. The third kappa shape index (κ3) is 5.14. The summed E-state index contributed by atoms with van der Waals surface area (Å²) < 4.78 is 65.0. The number of piperidine rings is 1. The first kappa shape index (κ1) is 25.1. The number of sulfonamides is 2. The van der Waals surface area contributed by atoms with Crippen LogP contribution in [0.1, 0.15) is 12.8 Å². The highest BCUT2D eigenvalue weighted by Crippen LogP contribution is 2.31. The van der Waals surface area contributed by atoms with Gasteiger partial charge in [-0.3, -0.25) is 4.79 Å². The van der Waals surface area contributed by atoms with E-state index in [1.165, 1.54) is 45.3 Å². The zero-order valence-corrected chi connectivity index (χ0v) is 21.1. The molecule has 1 amide bonds. The van der Waals surface area contributed by atoms with Crippen molar-refractivity contribution in [1.29, 1.82) is 0 Å². The van der Waals surface area contributed by atoms with Gasteiger partial charge >= 0.3 is 0 Å². The van der Waals surface area contributed by atoms with Crippen molar-refractivity contribution in [2.45, 2.75) is 21.9 Å². The molecule has 3 heterocycles. The maximum atomic E-state index is 13.0. The molecule has 0 unspecified atom stereocenters. The van der Waals surface area contributed by atoms with Crippen LogP contribution in [0.2, 0.25) is 0 Å². The number of carbonyl (C=O) groups is 1. The van der Waals surface area contributed by atoms with E-state index >= 15 is 0 Å². The van der Waals surface area contributed by atoms with E-state index in [9.17, 15) is 21.6 Å². The number of ether oxygens (including phenoxy) is 2. The van der Waals surface area contributed by atoms with Crippen molar-refractivity contribution in [1.82, 2.24) is 8.61 Å². The van der Waals surface area contributed by atoms with Crippen LogP contribution in [-0.2, 0) is 29.6 Å². The van der Waals surface area contributed by atoms with E-state index in [4.69, 9.17) is 9.47 Å². The first-order valence-corrected chi connectivity index (χ1v) is 14.6. The van der Waals surface area contributed by atoms with Gasteiger partial charge in [-0.05, 0) is 42.5 Å². The predicted octanol–water partition coefficient (Wildman–Crippen LogP) is 1.82. The number of nitrogens with one attached hydrogen (secondary N) is 1. The van der Waals surface area contributed by atoms with Crippen molar-refractivity contribution in [3.63, 3.8) is 0 Å². The summed E-state index contributed by atoms with van der Waals surface area (Å²) in [5.74, 6) is -0.363. The number of hydrogen-bond acceptors (Lipinski definition) is 8. The predicted molar refractivity (Wildman–Crippen MR) is 127 cm³/mol. The van der Waals surface area contributed by atoms with E-state index in [1.807, 2.05) is 0 Å². The third-order valence-electron chi connectivity index (χ3n) is 5.95. The van der Waals surface area contributed by atoms with Crippen LogP contribution in [0.4, 0.5) is 5.69 Å². The van der Waals surface area contributed by atoms with E-state index < -0.39 is 26.0 Å². The van der Waals surface area contributed by atoms with E-state index in [0.29, 0.717) is 36.0 Å². The number of benzene rings is 1. The molecule has 0 saturated carbocycles. The molecule has 2 aromatic rings. The SMILES string of the molecule is COc1ccc(S(=O)(=O)N2CCOCC2)cc1NC(=O)C1CCN(S(=O)(=O)c2cccs2)CC1. The van der Waals surface area contributed by atoms with Crippen molar-refractivity contribution >= 4 is 43.0 Å². The Kier molecular flexibility index (Phi) is 7.60. The molecule has 10 nitrogen and oxygen atoms in total. The Balaban J connectivity index is 1.45. The van der Waals surface area contributed by atoms with Gasteiger partial charge in [0.1, 0.15) is 9.96 Å². The minimum Gasteiger partial charge on any atom is -0.495 e. The molecular weight excluding hydrogens is 502 g/mol. The monoisotopic (exact) mass is 529 g/mol. The fourth-order valence-corrected chi connectivity index (χ4v) is 8.06. The number of hydrogen-bond donors (Lipinski definition) is 1. The fourth-order valence-electron chi connectivity index (χ4n) is 4.01. The Labute approximate surface area is 203 Å². The Hall–Kier alpha value is -2.03. The van der Waals surface area contributed by atoms with Crippen LogP contribution >= 0.6 is 11.3 Å². The van der Waals surface area contributed by atoms with E-state index in [-0.39, 0.29) is 42.7 Å². The number of morpholine rings is 1. The Morgan fingerprint density at radius 1 is 1.03 bits per heavy atom. The molecule has 34 heavy (non-hydrogen) atoms. The van der Waals surface area contributed by atoms with Gasteiger partial charge in [0.05, 0.1) is 30.9 Å². The van der Waals surface area contributed by atoms with E-state index in [1.54, 1.807) is 17.5 Å². The average Bonchev–Trinajstić information content (AvgIpc) is 3.41. The maximum absolute atomic E-state index is 13.0. The smallest absolute Gasteiger partial charge is 0.252 e. The second-order valence-electron chi connectivity index (χ2n) is 7.98. The molecule has 1 N–H and O–H groups in total. The summed E-state index contributed by atoms with van der Waals surface area (Å²) in [6.07, 6.45) is 0.731. The van der Waals surface area contributed by atoms with Crippen LogP contribution in [0, 0.1) is 5.92 Å². The van der Waals surface area contributed by atoms with Crippen LogP contribution in [0.15, 0.2) is 44.8 Å². The molecule has 186 valence electrons. The van der Waals surface area contributed by atoms with Crippen molar-refractivity contribution in [3.05, 3.63) is 35.7 Å². The minimum atomic E-state index is -3.74. The topological polar surface area (TPSA) is 122 Å². The van der Waals surface area contributed by atoms with Gasteiger partial charge in [0, 0.05) is 32.1 Å². The maximum Gasteiger partial charge on any atom is 0.252 e. The second-order valence-corrected chi connectivity index (χ2v) is 13.0. The molecule has 13 heteroatoms. The van der Waals surface area contributed by atoms with Crippen molar-refractivity contribution in [2.24, 2.45) is 5.92 Å². The van der Waals surface area contributed by atoms with Crippen LogP contribution in [0.25, 0.3) is 0 Å². The van der Waals surface area contributed by atoms with E-state index in [2.05, 4.69) is 5.32 Å². The quantitative estimate of drug-likeness (QED) is 0.580. The highest BCUT2D eigenvalue weighted by atomic mass is 32.2. The summed E-state index contributed by atoms with van der Waals surface area (Å²) in [7, 11) is -5.85. The van der Waals surface area contributed by atoms with Crippen LogP contribution in [-0.4, -0.2) is 77.9 Å². The van der Waals surface area contributed by atoms with Crippen molar-refractivity contribution < 1.29 is 31.1 Å². The zero-order chi connectivity index (χ0) is 24.3. The van der Waals surface area contributed by atoms with Crippen molar-refractivity contribution in [3.8, 4) is 5.75 Å². The molecule has 4 rings (SSSR count). The van der Waals surface area contributed by atoms with Crippen LogP contribution in [0.3, 0.4) is 0 Å². The van der Waals surface area contributed by atoms with Crippen LogP contribution < -0.4 is 10.1 Å². The Morgan fingerprint density at radius 3 is 2.32 bits per heavy atom. The van der Waals surface area contributed by atoms with Crippen molar-refractivity contribution in [2.75, 3.05) is 51.8 Å². The molecule has 2 saturated heterocycles. The summed E-state index contributed by atoms with van der Waals surface area (Å²) in [4.78, 5) is 13.0. The number of carbonyl (C=O) groups excluding carboxylic acids is 1. The molecule has 0 aliphatic carbocycles. The average molecular weight is 530 g/mol. The molecule has 0 atom stereocenters. The molecular formula is C21H27N3O7S3. The van der Waals surface area contributed by atoms with Gasteiger partial charge in [0.2, 0.25) is 15.9 Å². The Bertz CT molecular complexity index is 1220. The summed E-state index contributed by atoms with van der Waals surface area (Å²) in [5.41, 5.74) is 0.260. The molecule has 1 aromatic heterocycles. The highest BCUT2D eigenvalue weighted by molar-refractivity contribution is 7.91. The minimum absolute atomic E-state index is 0.0577. The second kappa shape index (κ2) is 10.3. The number of amides is 1. The number of rotatable bonds is 7. The summed E-state index contributed by atoms with van der Waals surface area (Å²) in [6, 6.07) is 7.63. The van der Waals surface area contributed by atoms with Gasteiger partial charge in [-0.25, -0.2) is 16.8 Å². The largest absolute Gasteiger partial charge is 0.495 e. The lowest BCUT2D eigenvalue weighted by atomic mass is 9.97. The number of methoxy groups -OCH3 is 1. The highest BCUT2D eigenvalue weighted by Gasteiger charge is 2.33. The molecule has 2 aliphatic rings. The van der Waals surface area contributed by atoms with Gasteiger partial charge in [-0.2, -0.15) is 8.61 Å². The van der Waals surface area contributed by atoms with Gasteiger partial charge in [-0.1, -0.05) is 6.07 Å². The number of nitrogens with zero attached hydrogens (tertiary/aromatic N) is 2. The van der Waals surface area contributed by atoms with Crippen LogP contribution in [0.5, 0.6) is 5.75 Å². The third-order valence-corrected chi connectivity index (χ3v) is 11.1. The standard InChI is InChI=1S/C21H27N3O7S3/c1-30-19-5-4-17(33(26,27)24-10-12-31-13-11-24)15-18(19)22-21(25)16-6-8-23(9-7-16)34(28,29)20-3-2-14-32-20/h2-5,14-16H,6-13H2,1H3,(H,22,25). The molecule has 0 radical (unpaired) electrons. The molecule has 0 spiro atoms. The normalized spacial score (nSPS) is 19.1. The first-order chi connectivity index (χ1) is 16.2. The lowest BCUT2D eigenvalue weighted by Gasteiger charge is -2.30.